The van der Waals surface area contributed by atoms with Crippen LogP contribution in [-0.2, 0) is 5.54 Å². The summed E-state index contributed by atoms with van der Waals surface area (Å²) in [6.45, 7) is 3.36. The molecule has 0 aliphatic rings. The zero-order valence-corrected chi connectivity index (χ0v) is 9.44. The van der Waals surface area contributed by atoms with Crippen molar-refractivity contribution in [2.45, 2.75) is 19.4 Å². The third-order valence-electron chi connectivity index (χ3n) is 2.24. The van der Waals surface area contributed by atoms with Crippen molar-refractivity contribution in [2.24, 2.45) is 5.73 Å². The molecular weight excluding hydrogens is 210 g/mol. The van der Waals surface area contributed by atoms with Gasteiger partial charge < -0.3 is 20.7 Å². The molecule has 0 spiro atoms. The Bertz CT molecular complexity index is 421. The first-order valence-electron chi connectivity index (χ1n) is 4.71. The summed E-state index contributed by atoms with van der Waals surface area (Å²) in [5.74, 6) is -1.09. The molecule has 0 radical (unpaired) electrons. The Kier molecular flexibility index (Phi) is 3.09. The van der Waals surface area contributed by atoms with E-state index < -0.39 is 11.5 Å². The van der Waals surface area contributed by atoms with Crippen molar-refractivity contribution in [2.75, 3.05) is 7.11 Å². The fourth-order valence-electron chi connectivity index (χ4n) is 1.42. The Balaban J connectivity index is 3.45. The number of aromatic hydroxyl groups is 1. The van der Waals surface area contributed by atoms with Gasteiger partial charge in [-0.3, -0.25) is 0 Å². The molecule has 4 N–H and O–H groups in total. The van der Waals surface area contributed by atoms with Gasteiger partial charge in [0.15, 0.2) is 0 Å². The minimum absolute atomic E-state index is 0.0196. The smallest absolute Gasteiger partial charge is 0.339 e. The minimum Gasteiger partial charge on any atom is -0.507 e. The number of carboxylic acid groups (broad SMARTS) is 1. The van der Waals surface area contributed by atoms with E-state index in [-0.39, 0.29) is 17.1 Å². The Hall–Kier alpha value is -1.75. The summed E-state index contributed by atoms with van der Waals surface area (Å²) < 4.78 is 4.87. The van der Waals surface area contributed by atoms with E-state index in [1.807, 2.05) is 0 Å². The summed E-state index contributed by atoms with van der Waals surface area (Å²) in [6, 6.07) is 2.59. The SMILES string of the molecule is COc1cc(O)c(C(C)(C)N)cc1C(=O)O. The summed E-state index contributed by atoms with van der Waals surface area (Å²) in [5, 5.41) is 18.7. The highest BCUT2D eigenvalue weighted by atomic mass is 16.5. The van der Waals surface area contributed by atoms with Crippen LogP contribution in [0.15, 0.2) is 12.1 Å². The van der Waals surface area contributed by atoms with Crippen molar-refractivity contribution in [3.05, 3.63) is 23.3 Å². The fraction of sp³-hybridized carbons (Fsp3) is 0.364. The normalized spacial score (nSPS) is 11.2. The van der Waals surface area contributed by atoms with Crippen molar-refractivity contribution in [3.8, 4) is 11.5 Å². The van der Waals surface area contributed by atoms with Crippen LogP contribution in [0.25, 0.3) is 0 Å². The van der Waals surface area contributed by atoms with Crippen LogP contribution in [0.4, 0.5) is 0 Å². The number of hydrogen-bond donors (Lipinski definition) is 3. The molecular formula is C11H15NO4. The van der Waals surface area contributed by atoms with Gasteiger partial charge in [0.2, 0.25) is 0 Å². The monoisotopic (exact) mass is 225 g/mol. The lowest BCUT2D eigenvalue weighted by atomic mass is 9.92. The van der Waals surface area contributed by atoms with Crippen LogP contribution in [0.5, 0.6) is 11.5 Å². The van der Waals surface area contributed by atoms with Gasteiger partial charge in [-0.15, -0.1) is 0 Å². The fourth-order valence-corrected chi connectivity index (χ4v) is 1.42. The number of nitrogens with two attached hydrogens (primary N) is 1. The summed E-state index contributed by atoms with van der Waals surface area (Å²) in [4.78, 5) is 11.0. The molecule has 1 aromatic rings. The highest BCUT2D eigenvalue weighted by molar-refractivity contribution is 5.91. The lowest BCUT2D eigenvalue weighted by Gasteiger charge is -2.21. The van der Waals surface area contributed by atoms with Crippen molar-refractivity contribution >= 4 is 5.97 Å². The van der Waals surface area contributed by atoms with E-state index in [1.165, 1.54) is 19.2 Å². The molecule has 5 nitrogen and oxygen atoms in total. The van der Waals surface area contributed by atoms with Gasteiger partial charge in [-0.05, 0) is 19.9 Å². The molecule has 0 saturated carbocycles. The average molecular weight is 225 g/mol. The third-order valence-corrected chi connectivity index (χ3v) is 2.24. The van der Waals surface area contributed by atoms with Crippen LogP contribution >= 0.6 is 0 Å². The summed E-state index contributed by atoms with van der Waals surface area (Å²) in [5.41, 5.74) is 5.35. The molecule has 0 unspecified atom stereocenters. The Labute approximate surface area is 93.5 Å². The Morgan fingerprint density at radius 2 is 2.00 bits per heavy atom. The van der Waals surface area contributed by atoms with Gasteiger partial charge in [-0.1, -0.05) is 0 Å². The molecule has 0 saturated heterocycles. The van der Waals surface area contributed by atoms with Crippen LogP contribution in [0.2, 0.25) is 0 Å². The predicted molar refractivity (Wildman–Crippen MR) is 58.8 cm³/mol. The average Bonchev–Trinajstić information content (AvgIpc) is 2.14. The van der Waals surface area contributed by atoms with Gasteiger partial charge in [0.1, 0.15) is 17.1 Å². The van der Waals surface area contributed by atoms with E-state index in [0.717, 1.165) is 0 Å². The van der Waals surface area contributed by atoms with Gasteiger partial charge in [-0.2, -0.15) is 0 Å². The number of hydrogen-bond acceptors (Lipinski definition) is 4. The van der Waals surface area contributed by atoms with E-state index >= 15 is 0 Å². The number of carboxylic acids is 1. The van der Waals surface area contributed by atoms with E-state index in [1.54, 1.807) is 13.8 Å². The minimum atomic E-state index is -1.12. The number of methoxy groups -OCH3 is 1. The van der Waals surface area contributed by atoms with Gasteiger partial charge in [-0.25, -0.2) is 4.79 Å². The number of phenols is 1. The number of carbonyl (C=O) groups is 1. The molecule has 0 atom stereocenters. The maximum absolute atomic E-state index is 11.0. The standard InChI is InChI=1S/C11H15NO4/c1-11(2,12)7-4-6(10(14)15)9(16-3)5-8(7)13/h4-5,13H,12H2,1-3H3,(H,14,15). The lowest BCUT2D eigenvalue weighted by Crippen LogP contribution is -2.29. The summed E-state index contributed by atoms with van der Waals surface area (Å²) >= 11 is 0. The highest BCUT2D eigenvalue weighted by Crippen LogP contribution is 2.33. The number of ether oxygens (including phenoxy) is 1. The Morgan fingerprint density at radius 3 is 2.38 bits per heavy atom. The molecule has 1 aromatic carbocycles. The van der Waals surface area contributed by atoms with Crippen molar-refractivity contribution < 1.29 is 19.7 Å². The van der Waals surface area contributed by atoms with Crippen LogP contribution in [0.3, 0.4) is 0 Å². The van der Waals surface area contributed by atoms with E-state index in [0.29, 0.717) is 5.56 Å². The largest absolute Gasteiger partial charge is 0.507 e. The second-order valence-electron chi connectivity index (χ2n) is 4.10. The Morgan fingerprint density at radius 1 is 1.44 bits per heavy atom. The molecule has 16 heavy (non-hydrogen) atoms. The van der Waals surface area contributed by atoms with E-state index in [9.17, 15) is 9.90 Å². The summed E-state index contributed by atoms with van der Waals surface area (Å²) in [7, 11) is 1.34. The van der Waals surface area contributed by atoms with Gasteiger partial charge >= 0.3 is 5.97 Å². The molecule has 0 heterocycles. The first-order chi connectivity index (χ1) is 7.27. The van der Waals surface area contributed by atoms with Crippen LogP contribution in [0.1, 0.15) is 29.8 Å². The topological polar surface area (TPSA) is 92.8 Å². The lowest BCUT2D eigenvalue weighted by molar-refractivity contribution is 0.0693. The first kappa shape index (κ1) is 12.3. The van der Waals surface area contributed by atoms with Crippen molar-refractivity contribution in [1.82, 2.24) is 0 Å². The maximum Gasteiger partial charge on any atom is 0.339 e. The van der Waals surface area contributed by atoms with Gasteiger partial charge in [0, 0.05) is 17.2 Å². The van der Waals surface area contributed by atoms with Crippen molar-refractivity contribution in [3.63, 3.8) is 0 Å². The zero-order valence-electron chi connectivity index (χ0n) is 9.44. The molecule has 0 aromatic heterocycles. The molecule has 0 aliphatic carbocycles. The van der Waals surface area contributed by atoms with Crippen LogP contribution in [0, 0.1) is 0 Å². The second kappa shape index (κ2) is 4.02. The van der Waals surface area contributed by atoms with Gasteiger partial charge in [0.05, 0.1) is 7.11 Å². The molecule has 0 aliphatic heterocycles. The first-order valence-corrected chi connectivity index (χ1v) is 4.71. The predicted octanol–water partition coefficient (Wildman–Crippen LogP) is 1.29. The quantitative estimate of drug-likeness (QED) is 0.720. The molecule has 1 rings (SSSR count). The van der Waals surface area contributed by atoms with E-state index in [2.05, 4.69) is 0 Å². The second-order valence-corrected chi connectivity index (χ2v) is 4.10. The van der Waals surface area contributed by atoms with Crippen LogP contribution in [-0.4, -0.2) is 23.3 Å². The number of aromatic carboxylic acids is 1. The molecule has 0 fully saturated rings. The maximum atomic E-state index is 11.0. The third kappa shape index (κ3) is 2.25. The molecule has 0 amide bonds. The van der Waals surface area contributed by atoms with Gasteiger partial charge in [0.25, 0.3) is 0 Å². The molecule has 88 valence electrons. The molecule has 5 heteroatoms. The van der Waals surface area contributed by atoms with E-state index in [4.69, 9.17) is 15.6 Å². The number of rotatable bonds is 3. The zero-order chi connectivity index (χ0) is 12.5. The molecule has 0 bridgehead atoms. The highest BCUT2D eigenvalue weighted by Gasteiger charge is 2.23. The number of benzene rings is 1. The summed E-state index contributed by atoms with van der Waals surface area (Å²) in [6.07, 6.45) is 0. The van der Waals surface area contributed by atoms with Crippen LogP contribution < -0.4 is 10.5 Å². The van der Waals surface area contributed by atoms with Crippen molar-refractivity contribution in [1.29, 1.82) is 0 Å². The number of phenolic OH excluding ortho intramolecular Hbond substituents is 1.